The Labute approximate surface area is 147 Å². The molecule has 25 heavy (non-hydrogen) atoms. The zero-order chi connectivity index (χ0) is 17.8. The van der Waals surface area contributed by atoms with Crippen LogP contribution in [-0.2, 0) is 4.79 Å². The highest BCUT2D eigenvalue weighted by Gasteiger charge is 2.26. The lowest BCUT2D eigenvalue weighted by molar-refractivity contribution is -0.129. The van der Waals surface area contributed by atoms with Crippen LogP contribution in [0.15, 0.2) is 36.5 Å². The third kappa shape index (κ3) is 3.81. The molecule has 7 heteroatoms. The second-order valence-corrected chi connectivity index (χ2v) is 6.19. The van der Waals surface area contributed by atoms with Crippen LogP contribution in [0.2, 0.25) is 0 Å². The molecule has 1 aliphatic rings. The number of para-hydroxylation sites is 1. The summed E-state index contributed by atoms with van der Waals surface area (Å²) in [6, 6.07) is 9.30. The number of nitrogens with one attached hydrogen (secondary N) is 2. The van der Waals surface area contributed by atoms with E-state index in [2.05, 4.69) is 15.7 Å². The first-order valence-electron chi connectivity index (χ1n) is 8.53. The maximum atomic E-state index is 12.3. The maximum Gasteiger partial charge on any atom is 0.320 e. The Balaban J connectivity index is 1.63. The van der Waals surface area contributed by atoms with Crippen LogP contribution in [0, 0.1) is 6.92 Å². The number of amides is 3. The molecular formula is C18H23N5O2. The minimum atomic E-state index is -0.286. The first-order valence-corrected chi connectivity index (χ1v) is 8.53. The van der Waals surface area contributed by atoms with Gasteiger partial charge in [-0.15, -0.1) is 0 Å². The van der Waals surface area contributed by atoms with E-state index in [0.29, 0.717) is 25.3 Å². The minimum Gasteiger partial charge on any atom is -0.341 e. The van der Waals surface area contributed by atoms with Gasteiger partial charge in [-0.3, -0.25) is 10.1 Å². The van der Waals surface area contributed by atoms with E-state index in [0.717, 1.165) is 17.7 Å². The van der Waals surface area contributed by atoms with Gasteiger partial charge < -0.3 is 10.2 Å². The zero-order valence-corrected chi connectivity index (χ0v) is 14.5. The standard InChI is InChI=1S/C18H23N5O2/c1-3-17(24)22-11-9-14(12-22)20-18(25)21-16-8-10-19-23(16)15-7-5-4-6-13(15)2/h4-8,10,14H,3,9,11-12H2,1-2H3,(H2,20,21,25)/t14-/m0/s1. The zero-order valence-electron chi connectivity index (χ0n) is 14.5. The highest BCUT2D eigenvalue weighted by molar-refractivity contribution is 5.89. The predicted molar refractivity (Wildman–Crippen MR) is 95.7 cm³/mol. The highest BCUT2D eigenvalue weighted by Crippen LogP contribution is 2.18. The summed E-state index contributed by atoms with van der Waals surface area (Å²) >= 11 is 0. The Kier molecular flexibility index (Phi) is 5.02. The fourth-order valence-corrected chi connectivity index (χ4v) is 3.06. The van der Waals surface area contributed by atoms with Crippen LogP contribution >= 0.6 is 0 Å². The lowest BCUT2D eigenvalue weighted by atomic mass is 10.2. The van der Waals surface area contributed by atoms with E-state index >= 15 is 0 Å². The van der Waals surface area contributed by atoms with E-state index in [1.165, 1.54) is 0 Å². The number of hydrogen-bond donors (Lipinski definition) is 2. The van der Waals surface area contributed by atoms with Gasteiger partial charge >= 0.3 is 6.03 Å². The average molecular weight is 341 g/mol. The van der Waals surface area contributed by atoms with Crippen LogP contribution < -0.4 is 10.6 Å². The monoisotopic (exact) mass is 341 g/mol. The molecule has 3 rings (SSSR count). The number of carbonyl (C=O) groups is 2. The second kappa shape index (κ2) is 7.38. The van der Waals surface area contributed by atoms with Crippen molar-refractivity contribution in [1.29, 1.82) is 0 Å². The smallest absolute Gasteiger partial charge is 0.320 e. The molecule has 1 aliphatic heterocycles. The number of likely N-dealkylation sites (tertiary alicyclic amines) is 1. The molecule has 7 nitrogen and oxygen atoms in total. The van der Waals surface area contributed by atoms with E-state index in [1.807, 2.05) is 38.1 Å². The number of hydrogen-bond acceptors (Lipinski definition) is 3. The Morgan fingerprint density at radius 2 is 2.08 bits per heavy atom. The average Bonchev–Trinajstić information content (AvgIpc) is 3.24. The molecule has 1 saturated heterocycles. The molecule has 0 radical (unpaired) electrons. The topological polar surface area (TPSA) is 79.3 Å². The van der Waals surface area contributed by atoms with E-state index in [-0.39, 0.29) is 18.0 Å². The number of anilines is 1. The van der Waals surface area contributed by atoms with Crippen LogP contribution in [0.4, 0.5) is 10.6 Å². The SMILES string of the molecule is CCC(=O)N1CC[C@H](NC(=O)Nc2ccnn2-c2ccccc2C)C1. The molecule has 1 atom stereocenters. The molecular weight excluding hydrogens is 318 g/mol. The van der Waals surface area contributed by atoms with Crippen molar-refractivity contribution in [3.05, 3.63) is 42.1 Å². The van der Waals surface area contributed by atoms with Crippen molar-refractivity contribution in [3.63, 3.8) is 0 Å². The lowest BCUT2D eigenvalue weighted by Crippen LogP contribution is -2.40. The van der Waals surface area contributed by atoms with Gasteiger partial charge in [0.05, 0.1) is 11.9 Å². The van der Waals surface area contributed by atoms with Gasteiger partial charge in [0.2, 0.25) is 5.91 Å². The minimum absolute atomic E-state index is 0.0228. The molecule has 3 amide bonds. The number of rotatable bonds is 4. The van der Waals surface area contributed by atoms with Crippen LogP contribution in [0.3, 0.4) is 0 Å². The van der Waals surface area contributed by atoms with Crippen molar-refractivity contribution in [2.45, 2.75) is 32.7 Å². The summed E-state index contributed by atoms with van der Waals surface area (Å²) in [5.41, 5.74) is 1.99. The van der Waals surface area contributed by atoms with Crippen molar-refractivity contribution in [3.8, 4) is 5.69 Å². The van der Waals surface area contributed by atoms with Crippen molar-refractivity contribution < 1.29 is 9.59 Å². The van der Waals surface area contributed by atoms with Crippen molar-refractivity contribution in [1.82, 2.24) is 20.0 Å². The van der Waals surface area contributed by atoms with Crippen molar-refractivity contribution >= 4 is 17.8 Å². The number of aryl methyl sites for hydroxylation is 1. The third-order valence-corrected chi connectivity index (χ3v) is 4.41. The molecule has 2 aromatic rings. The summed E-state index contributed by atoms with van der Waals surface area (Å²) in [5.74, 6) is 0.730. The predicted octanol–water partition coefficient (Wildman–Crippen LogP) is 2.31. The van der Waals surface area contributed by atoms with Gasteiger partial charge in [-0.2, -0.15) is 5.10 Å². The summed E-state index contributed by atoms with van der Waals surface area (Å²) in [7, 11) is 0. The molecule has 0 bridgehead atoms. The Morgan fingerprint density at radius 1 is 1.28 bits per heavy atom. The van der Waals surface area contributed by atoms with Crippen molar-refractivity contribution in [2.75, 3.05) is 18.4 Å². The van der Waals surface area contributed by atoms with Gasteiger partial charge in [-0.1, -0.05) is 25.1 Å². The molecule has 0 saturated carbocycles. The molecule has 0 spiro atoms. The molecule has 1 aromatic carbocycles. The van der Waals surface area contributed by atoms with Gasteiger partial charge in [0.1, 0.15) is 5.82 Å². The summed E-state index contributed by atoms with van der Waals surface area (Å²) in [4.78, 5) is 25.8. The third-order valence-electron chi connectivity index (χ3n) is 4.41. The lowest BCUT2D eigenvalue weighted by Gasteiger charge is -2.17. The molecule has 2 heterocycles. The largest absolute Gasteiger partial charge is 0.341 e. The number of carbonyl (C=O) groups excluding carboxylic acids is 2. The quantitative estimate of drug-likeness (QED) is 0.896. The first-order chi connectivity index (χ1) is 12.1. The molecule has 0 aliphatic carbocycles. The highest BCUT2D eigenvalue weighted by atomic mass is 16.2. The normalized spacial score (nSPS) is 16.7. The number of urea groups is 1. The molecule has 1 aromatic heterocycles. The Morgan fingerprint density at radius 3 is 2.84 bits per heavy atom. The van der Waals surface area contributed by atoms with Gasteiger partial charge in [0.25, 0.3) is 0 Å². The second-order valence-electron chi connectivity index (χ2n) is 6.19. The molecule has 0 unspecified atom stereocenters. The van der Waals surface area contributed by atoms with Gasteiger partial charge in [0, 0.05) is 31.6 Å². The van der Waals surface area contributed by atoms with E-state index in [9.17, 15) is 9.59 Å². The van der Waals surface area contributed by atoms with E-state index in [4.69, 9.17) is 0 Å². The van der Waals surface area contributed by atoms with Gasteiger partial charge in [-0.05, 0) is 25.0 Å². The van der Waals surface area contributed by atoms with Crippen LogP contribution in [-0.4, -0.2) is 45.8 Å². The summed E-state index contributed by atoms with van der Waals surface area (Å²) < 4.78 is 1.70. The molecule has 2 N–H and O–H groups in total. The first kappa shape index (κ1) is 17.0. The summed E-state index contributed by atoms with van der Waals surface area (Å²) in [6.07, 6.45) is 2.92. The van der Waals surface area contributed by atoms with Gasteiger partial charge in [0.15, 0.2) is 0 Å². The Hall–Kier alpha value is -2.83. The molecule has 1 fully saturated rings. The fraction of sp³-hybridized carbons (Fsp3) is 0.389. The number of benzene rings is 1. The van der Waals surface area contributed by atoms with Crippen molar-refractivity contribution in [2.24, 2.45) is 0 Å². The summed E-state index contributed by atoms with van der Waals surface area (Å²) in [6.45, 7) is 5.11. The number of nitrogens with zero attached hydrogens (tertiary/aromatic N) is 3. The fourth-order valence-electron chi connectivity index (χ4n) is 3.06. The van der Waals surface area contributed by atoms with E-state index < -0.39 is 0 Å². The molecule has 132 valence electrons. The van der Waals surface area contributed by atoms with Gasteiger partial charge in [-0.25, -0.2) is 9.48 Å². The van der Waals surface area contributed by atoms with E-state index in [1.54, 1.807) is 21.8 Å². The maximum absolute atomic E-state index is 12.3. The van der Waals surface area contributed by atoms with Crippen LogP contribution in [0.5, 0.6) is 0 Å². The van der Waals surface area contributed by atoms with Crippen LogP contribution in [0.25, 0.3) is 5.69 Å². The number of aromatic nitrogens is 2. The summed E-state index contributed by atoms with van der Waals surface area (Å²) in [5, 5.41) is 10.1. The van der Waals surface area contributed by atoms with Crippen LogP contribution in [0.1, 0.15) is 25.3 Å². The Bertz CT molecular complexity index is 770.